The fraction of sp³-hybridized carbons (Fsp3) is 0.256. The minimum absolute atomic E-state index is 0.00949. The fourth-order valence-corrected chi connectivity index (χ4v) is 7.75. The van der Waals surface area contributed by atoms with E-state index in [1.54, 1.807) is 6.92 Å². The second-order valence-corrected chi connectivity index (χ2v) is 12.4. The second kappa shape index (κ2) is 11.6. The summed E-state index contributed by atoms with van der Waals surface area (Å²) in [7, 11) is 4.25. The van der Waals surface area contributed by atoms with Crippen molar-refractivity contribution in [2.24, 2.45) is 0 Å². The molecule has 0 aromatic heterocycles. The van der Waals surface area contributed by atoms with Crippen LogP contribution >= 0.6 is 0 Å². The summed E-state index contributed by atoms with van der Waals surface area (Å²) in [6, 6.07) is 12.9. The highest BCUT2D eigenvalue weighted by Crippen LogP contribution is 2.55. The largest absolute Gasteiger partial charge is 0.507 e. The quantitative estimate of drug-likeness (QED) is 0.0831. The van der Waals surface area contributed by atoms with E-state index in [9.17, 15) is 24.6 Å². The first-order valence-corrected chi connectivity index (χ1v) is 15.9. The van der Waals surface area contributed by atoms with E-state index >= 15 is 0 Å². The molecule has 0 amide bonds. The van der Waals surface area contributed by atoms with Gasteiger partial charge in [-0.1, -0.05) is 42.0 Å². The maximum Gasteiger partial charge on any atom is 0.232 e. The third kappa shape index (κ3) is 4.33. The van der Waals surface area contributed by atoms with Gasteiger partial charge < -0.3 is 29.7 Å². The predicted octanol–water partition coefficient (Wildman–Crippen LogP) is 6.86. The number of anilines is 1. The van der Waals surface area contributed by atoms with Crippen molar-refractivity contribution in [1.82, 2.24) is 0 Å². The lowest BCUT2D eigenvalue weighted by Gasteiger charge is -2.24. The molecule has 0 fully saturated rings. The number of fused-ring (bicyclic) bond motifs is 1. The van der Waals surface area contributed by atoms with Crippen molar-refractivity contribution in [3.05, 3.63) is 85.2 Å². The molecule has 6 aromatic carbocycles. The number of aromatic hydroxyl groups is 2. The first kappa shape index (κ1) is 31.1. The molecule has 1 aliphatic rings. The Balaban J connectivity index is 1.65. The number of allylic oxidation sites excluding steroid dienone is 1. The second-order valence-electron chi connectivity index (χ2n) is 12.4. The van der Waals surface area contributed by atoms with Crippen LogP contribution in [0, 0.1) is 0 Å². The molecule has 3 N–H and O–H groups in total. The van der Waals surface area contributed by atoms with E-state index in [1.165, 1.54) is 45.9 Å². The number of carbonyl (C=O) groups excluding carboxylic acids is 1. The van der Waals surface area contributed by atoms with E-state index in [4.69, 9.17) is 14.2 Å². The van der Waals surface area contributed by atoms with Crippen molar-refractivity contribution in [3.63, 3.8) is 0 Å². The Bertz CT molecular complexity index is 2430. The van der Waals surface area contributed by atoms with Crippen molar-refractivity contribution >= 4 is 60.6 Å². The summed E-state index contributed by atoms with van der Waals surface area (Å²) in [5.74, 6) is -1.32. The summed E-state index contributed by atoms with van der Waals surface area (Å²) in [4.78, 5) is 42.3. The van der Waals surface area contributed by atoms with Crippen molar-refractivity contribution < 1.29 is 29.2 Å². The summed E-state index contributed by atoms with van der Waals surface area (Å²) in [6.45, 7) is 3.72. The topological polar surface area (TPSA) is 131 Å². The van der Waals surface area contributed by atoms with Gasteiger partial charge in [0, 0.05) is 56.7 Å². The number of hydrogen-bond acceptors (Lipinski definition) is 9. The highest BCUT2D eigenvalue weighted by molar-refractivity contribution is 6.39. The first-order valence-electron chi connectivity index (χ1n) is 15.9. The van der Waals surface area contributed by atoms with Gasteiger partial charge in [-0.05, 0) is 44.1 Å². The number of unbranched alkanes of at least 4 members (excludes halogenated alkanes) is 1. The van der Waals surface area contributed by atoms with Crippen LogP contribution in [0.3, 0.4) is 0 Å². The lowest BCUT2D eigenvalue weighted by atomic mass is 9.80. The van der Waals surface area contributed by atoms with Crippen molar-refractivity contribution in [1.29, 1.82) is 0 Å². The van der Waals surface area contributed by atoms with Crippen LogP contribution in [0.1, 0.15) is 49.3 Å². The van der Waals surface area contributed by atoms with Crippen LogP contribution in [0.25, 0.3) is 49.2 Å². The highest BCUT2D eigenvalue weighted by Gasteiger charge is 2.37. The SMILES string of the molecule is COc1c2c3c4c(c(NCCCCc5ccccc5)c(=O)c5c(O)cc(OC)c(c6c(OC)cc(O)c(c1=O)c63)c54)C=C(C)C2C(C)=O. The van der Waals surface area contributed by atoms with Gasteiger partial charge in [-0.2, -0.15) is 0 Å². The Kier molecular flexibility index (Phi) is 7.50. The number of ketones is 1. The van der Waals surface area contributed by atoms with Gasteiger partial charge in [0.15, 0.2) is 5.75 Å². The molecule has 6 aromatic rings. The number of nitrogens with one attached hydrogen (secondary N) is 1. The minimum Gasteiger partial charge on any atom is -0.507 e. The maximum absolute atomic E-state index is 14.5. The zero-order valence-corrected chi connectivity index (χ0v) is 27.4. The fourth-order valence-electron chi connectivity index (χ4n) is 7.75. The molecule has 244 valence electrons. The zero-order chi connectivity index (χ0) is 34.0. The highest BCUT2D eigenvalue weighted by atomic mass is 16.5. The Morgan fingerprint density at radius 1 is 0.771 bits per heavy atom. The third-order valence-corrected chi connectivity index (χ3v) is 9.68. The van der Waals surface area contributed by atoms with Gasteiger partial charge in [-0.15, -0.1) is 0 Å². The van der Waals surface area contributed by atoms with Crippen LogP contribution in [0.5, 0.6) is 28.7 Å². The molecular formula is C39H35NO8. The number of phenols is 2. The smallest absolute Gasteiger partial charge is 0.232 e. The molecule has 0 heterocycles. The lowest BCUT2D eigenvalue weighted by molar-refractivity contribution is -0.117. The van der Waals surface area contributed by atoms with E-state index in [0.717, 1.165) is 19.3 Å². The number of carbonyl (C=O) groups is 1. The van der Waals surface area contributed by atoms with Crippen molar-refractivity contribution in [2.75, 3.05) is 33.2 Å². The van der Waals surface area contributed by atoms with Crippen LogP contribution in [-0.4, -0.2) is 43.9 Å². The molecule has 0 radical (unpaired) electrons. The molecular weight excluding hydrogens is 610 g/mol. The van der Waals surface area contributed by atoms with Gasteiger partial charge in [0.2, 0.25) is 10.9 Å². The predicted molar refractivity (Wildman–Crippen MR) is 189 cm³/mol. The molecule has 0 bridgehead atoms. The van der Waals surface area contributed by atoms with E-state index < -0.39 is 16.8 Å². The number of rotatable bonds is 10. The number of benzene rings is 6. The number of ether oxygens (including phenoxy) is 3. The monoisotopic (exact) mass is 645 g/mol. The molecule has 0 saturated heterocycles. The van der Waals surface area contributed by atoms with Crippen LogP contribution in [-0.2, 0) is 11.2 Å². The molecule has 48 heavy (non-hydrogen) atoms. The molecule has 0 saturated carbocycles. The molecule has 9 heteroatoms. The third-order valence-electron chi connectivity index (χ3n) is 9.68. The minimum atomic E-state index is -0.898. The number of aryl methyl sites for hydroxylation is 1. The van der Waals surface area contributed by atoms with Gasteiger partial charge in [-0.3, -0.25) is 14.4 Å². The Labute approximate surface area is 275 Å². The average molecular weight is 646 g/mol. The molecule has 1 atom stereocenters. The van der Waals surface area contributed by atoms with E-state index in [2.05, 4.69) is 17.4 Å². The van der Waals surface area contributed by atoms with Gasteiger partial charge in [0.1, 0.15) is 28.8 Å². The Hall–Kier alpha value is -5.57. The summed E-state index contributed by atoms with van der Waals surface area (Å²) < 4.78 is 17.3. The summed E-state index contributed by atoms with van der Waals surface area (Å²) >= 11 is 0. The molecule has 1 aliphatic carbocycles. The van der Waals surface area contributed by atoms with E-state index in [1.807, 2.05) is 24.3 Å². The summed E-state index contributed by atoms with van der Waals surface area (Å²) in [5.41, 5.74) is 1.97. The Morgan fingerprint density at radius 3 is 1.96 bits per heavy atom. The number of hydrogen-bond donors (Lipinski definition) is 3. The average Bonchev–Trinajstić information content (AvgIpc) is 3.20. The number of methoxy groups -OCH3 is 3. The Morgan fingerprint density at radius 2 is 1.38 bits per heavy atom. The first-order chi connectivity index (χ1) is 23.1. The number of phenolic OH excluding ortho intramolecular Hbond substituents is 2. The van der Waals surface area contributed by atoms with E-state index in [-0.39, 0.29) is 51.0 Å². The zero-order valence-electron chi connectivity index (χ0n) is 27.4. The molecule has 1 unspecified atom stereocenters. The van der Waals surface area contributed by atoms with E-state index in [0.29, 0.717) is 55.6 Å². The van der Waals surface area contributed by atoms with Gasteiger partial charge in [0.05, 0.1) is 43.7 Å². The van der Waals surface area contributed by atoms with Crippen molar-refractivity contribution in [2.45, 2.75) is 39.0 Å². The molecule has 9 nitrogen and oxygen atoms in total. The molecule has 0 aliphatic heterocycles. The van der Waals surface area contributed by atoms with Crippen LogP contribution < -0.4 is 30.4 Å². The molecule has 0 spiro atoms. The van der Waals surface area contributed by atoms with Gasteiger partial charge in [0.25, 0.3) is 0 Å². The standard InChI is InChI=1S/C39H35NO8/c1-18-15-21-27-32-28(37(44)36(21)40-14-10-9-13-20-11-7-6-8-12-20)22(42)16-24(46-3)30(32)31-25(47-4)17-23(43)29-34(31)33(27)35(26(18)19(2)41)39(48-5)38(29)45/h6-8,11-12,15-17,26,40,42-43H,9-10,13-14H2,1-5H3. The summed E-state index contributed by atoms with van der Waals surface area (Å²) in [6.07, 6.45) is 4.35. The van der Waals surface area contributed by atoms with Crippen molar-refractivity contribution in [3.8, 4) is 28.7 Å². The maximum atomic E-state index is 14.5. The van der Waals surface area contributed by atoms with Crippen LogP contribution in [0.2, 0.25) is 0 Å². The lowest BCUT2D eigenvalue weighted by Crippen LogP contribution is -2.18. The summed E-state index contributed by atoms with van der Waals surface area (Å²) in [5, 5.41) is 28.8. The van der Waals surface area contributed by atoms with Crippen LogP contribution in [0.15, 0.2) is 57.6 Å². The number of Topliss-reactive ketones (excluding diaryl/α,β-unsaturated/α-hetero) is 1. The van der Waals surface area contributed by atoms with Gasteiger partial charge in [-0.25, -0.2) is 0 Å². The normalized spacial score (nSPS) is 14.2. The molecule has 7 rings (SSSR count). The van der Waals surface area contributed by atoms with Gasteiger partial charge >= 0.3 is 0 Å². The van der Waals surface area contributed by atoms with Crippen LogP contribution in [0.4, 0.5) is 5.69 Å².